The molecule has 0 unspecified atom stereocenters. The minimum absolute atomic E-state index is 0.856. The molecule has 1 aromatic carbocycles. The van der Waals surface area contributed by atoms with Gasteiger partial charge in [-0.15, -0.1) is 0 Å². The molecule has 0 saturated carbocycles. The lowest BCUT2D eigenvalue weighted by Gasteiger charge is -2.09. The van der Waals surface area contributed by atoms with Crippen LogP contribution in [0.5, 0.6) is 0 Å². The van der Waals surface area contributed by atoms with E-state index in [-0.39, 0.29) is 0 Å². The fraction of sp³-hybridized carbons (Fsp3) is 0.0667. The maximum atomic E-state index is 4.55. The summed E-state index contributed by atoms with van der Waals surface area (Å²) in [7, 11) is 0. The molecule has 0 saturated heterocycles. The second kappa shape index (κ2) is 3.68. The van der Waals surface area contributed by atoms with Gasteiger partial charge in [0.15, 0.2) is 5.82 Å². The minimum Gasteiger partial charge on any atom is -0.338 e. The molecule has 0 amide bonds. The lowest BCUT2D eigenvalue weighted by atomic mass is 10.1. The van der Waals surface area contributed by atoms with Gasteiger partial charge in [-0.2, -0.15) is 0 Å². The van der Waals surface area contributed by atoms with E-state index in [0.29, 0.717) is 0 Å². The Bertz CT molecular complexity index is 773. The smallest absolute Gasteiger partial charge is 0.154 e. The van der Waals surface area contributed by atoms with Gasteiger partial charge in [-0.3, -0.25) is 4.57 Å². The average molecular weight is 248 g/mol. The molecule has 2 aromatic heterocycles. The van der Waals surface area contributed by atoms with Crippen molar-refractivity contribution in [3.05, 3.63) is 54.5 Å². The molecule has 0 spiro atoms. The topological polar surface area (TPSA) is 42.7 Å². The predicted molar refractivity (Wildman–Crippen MR) is 74.8 cm³/mol. The summed E-state index contributed by atoms with van der Waals surface area (Å²) in [6.45, 7) is 2.06. The molecule has 4 nitrogen and oxygen atoms in total. The van der Waals surface area contributed by atoms with Crippen LogP contribution in [-0.2, 0) is 0 Å². The minimum atomic E-state index is 0.856. The zero-order valence-corrected chi connectivity index (χ0v) is 10.5. The number of anilines is 2. The van der Waals surface area contributed by atoms with Gasteiger partial charge in [-0.1, -0.05) is 12.1 Å². The Kier molecular flexibility index (Phi) is 2.00. The quantitative estimate of drug-likeness (QED) is 0.519. The largest absolute Gasteiger partial charge is 0.338 e. The van der Waals surface area contributed by atoms with Crippen molar-refractivity contribution < 1.29 is 0 Å². The number of rotatable bonds is 0. The molecule has 0 fully saturated rings. The number of nitrogens with one attached hydrogen (secondary N) is 1. The van der Waals surface area contributed by atoms with Crippen molar-refractivity contribution in [1.82, 2.24) is 14.5 Å². The summed E-state index contributed by atoms with van der Waals surface area (Å²) in [5, 5.41) is 3.39. The van der Waals surface area contributed by atoms with E-state index in [0.717, 1.165) is 34.3 Å². The molecule has 1 aliphatic rings. The second-order valence-corrected chi connectivity index (χ2v) is 4.60. The van der Waals surface area contributed by atoms with Crippen molar-refractivity contribution >= 4 is 11.5 Å². The highest BCUT2D eigenvalue weighted by atomic mass is 15.2. The molecule has 0 atom stereocenters. The first-order valence-electron chi connectivity index (χ1n) is 6.21. The number of imidazole rings is 1. The normalized spacial score (nSPS) is 11.8. The Morgan fingerprint density at radius 2 is 1.95 bits per heavy atom. The monoisotopic (exact) mass is 248 g/mol. The first-order valence-corrected chi connectivity index (χ1v) is 6.21. The van der Waals surface area contributed by atoms with Crippen LogP contribution in [0.25, 0.3) is 17.1 Å². The van der Waals surface area contributed by atoms with Crippen LogP contribution in [0.15, 0.2) is 48.8 Å². The van der Waals surface area contributed by atoms with Crippen molar-refractivity contribution in [1.29, 1.82) is 0 Å². The Balaban J connectivity index is 2.14. The molecule has 92 valence electrons. The van der Waals surface area contributed by atoms with Crippen molar-refractivity contribution in [2.24, 2.45) is 0 Å². The molecule has 1 aliphatic heterocycles. The molecule has 0 bridgehead atoms. The van der Waals surface area contributed by atoms with Gasteiger partial charge >= 0.3 is 0 Å². The highest BCUT2D eigenvalue weighted by Gasteiger charge is 2.21. The first kappa shape index (κ1) is 10.3. The van der Waals surface area contributed by atoms with Crippen LogP contribution >= 0.6 is 0 Å². The van der Waals surface area contributed by atoms with Crippen LogP contribution in [0.3, 0.4) is 0 Å². The van der Waals surface area contributed by atoms with Gasteiger partial charge in [0.05, 0.1) is 11.4 Å². The highest BCUT2D eigenvalue weighted by molar-refractivity contribution is 5.83. The Morgan fingerprint density at radius 3 is 2.89 bits per heavy atom. The van der Waals surface area contributed by atoms with E-state index in [1.165, 1.54) is 0 Å². The molecule has 1 N–H and O–H groups in total. The number of hydrogen-bond acceptors (Lipinski definition) is 3. The number of fused-ring (bicyclic) bond motifs is 5. The number of aryl methyl sites for hydroxylation is 1. The van der Waals surface area contributed by atoms with E-state index in [2.05, 4.69) is 38.9 Å². The zero-order valence-electron chi connectivity index (χ0n) is 10.5. The van der Waals surface area contributed by atoms with Gasteiger partial charge in [0.2, 0.25) is 0 Å². The number of para-hydroxylation sites is 1. The summed E-state index contributed by atoms with van der Waals surface area (Å²) in [6.07, 6.45) is 3.69. The predicted octanol–water partition coefficient (Wildman–Crippen LogP) is 3.30. The highest BCUT2D eigenvalue weighted by Crippen LogP contribution is 2.37. The number of benzene rings is 1. The SMILES string of the molecule is Cc1cnc2n1-c1cccnc1Nc1ccccc1-2. The molecular weight excluding hydrogens is 236 g/mol. The summed E-state index contributed by atoms with van der Waals surface area (Å²) in [4.78, 5) is 8.99. The van der Waals surface area contributed by atoms with E-state index in [1.807, 2.05) is 30.5 Å². The van der Waals surface area contributed by atoms with Crippen LogP contribution in [0.2, 0.25) is 0 Å². The molecule has 4 rings (SSSR count). The van der Waals surface area contributed by atoms with E-state index < -0.39 is 0 Å². The maximum absolute atomic E-state index is 4.55. The number of hydrogen-bond donors (Lipinski definition) is 1. The van der Waals surface area contributed by atoms with Crippen molar-refractivity contribution in [3.8, 4) is 17.1 Å². The van der Waals surface area contributed by atoms with Gasteiger partial charge in [0.1, 0.15) is 5.82 Å². The van der Waals surface area contributed by atoms with Crippen LogP contribution in [0.4, 0.5) is 11.5 Å². The maximum Gasteiger partial charge on any atom is 0.154 e. The van der Waals surface area contributed by atoms with E-state index in [9.17, 15) is 0 Å². The number of aromatic nitrogens is 3. The lowest BCUT2D eigenvalue weighted by molar-refractivity contribution is 1.01. The molecule has 0 radical (unpaired) electrons. The third-order valence-electron chi connectivity index (χ3n) is 3.39. The van der Waals surface area contributed by atoms with Crippen LogP contribution in [0, 0.1) is 6.92 Å². The molecule has 3 aromatic rings. The van der Waals surface area contributed by atoms with E-state index in [1.54, 1.807) is 6.20 Å². The van der Waals surface area contributed by atoms with Crippen LogP contribution < -0.4 is 5.32 Å². The lowest BCUT2D eigenvalue weighted by Crippen LogP contribution is -2.00. The Labute approximate surface area is 110 Å². The molecular formula is C15H12N4. The van der Waals surface area contributed by atoms with Gasteiger partial charge in [-0.25, -0.2) is 9.97 Å². The second-order valence-electron chi connectivity index (χ2n) is 4.60. The first-order chi connectivity index (χ1) is 9.34. The van der Waals surface area contributed by atoms with Gasteiger partial charge in [-0.05, 0) is 31.2 Å². The van der Waals surface area contributed by atoms with Crippen molar-refractivity contribution in [2.75, 3.05) is 5.32 Å². The van der Waals surface area contributed by atoms with Crippen LogP contribution in [-0.4, -0.2) is 14.5 Å². The molecule has 4 heteroatoms. The fourth-order valence-electron chi connectivity index (χ4n) is 2.52. The van der Waals surface area contributed by atoms with Crippen LogP contribution in [0.1, 0.15) is 5.69 Å². The van der Waals surface area contributed by atoms with Gasteiger partial charge < -0.3 is 5.32 Å². The zero-order chi connectivity index (χ0) is 12.8. The van der Waals surface area contributed by atoms with E-state index >= 15 is 0 Å². The third kappa shape index (κ3) is 1.40. The third-order valence-corrected chi connectivity index (χ3v) is 3.39. The van der Waals surface area contributed by atoms with E-state index in [4.69, 9.17) is 0 Å². The van der Waals surface area contributed by atoms with Crippen molar-refractivity contribution in [2.45, 2.75) is 6.92 Å². The molecule has 0 aliphatic carbocycles. The summed E-state index contributed by atoms with van der Waals surface area (Å²) >= 11 is 0. The molecule has 19 heavy (non-hydrogen) atoms. The summed E-state index contributed by atoms with van der Waals surface area (Å²) in [5.41, 5.74) is 4.26. The van der Waals surface area contributed by atoms with Gasteiger partial charge in [0.25, 0.3) is 0 Å². The number of nitrogens with zero attached hydrogens (tertiary/aromatic N) is 3. The fourth-order valence-corrected chi connectivity index (χ4v) is 2.52. The summed E-state index contributed by atoms with van der Waals surface area (Å²) < 4.78 is 2.14. The Hall–Kier alpha value is -2.62. The summed E-state index contributed by atoms with van der Waals surface area (Å²) in [6, 6.07) is 12.2. The Morgan fingerprint density at radius 1 is 1.05 bits per heavy atom. The van der Waals surface area contributed by atoms with Gasteiger partial charge in [0, 0.05) is 23.7 Å². The van der Waals surface area contributed by atoms with Crippen molar-refractivity contribution in [3.63, 3.8) is 0 Å². The average Bonchev–Trinajstić information content (AvgIpc) is 2.75. The standard InChI is InChI=1S/C15H12N4/c1-10-9-17-15-11-5-2-3-6-12(11)18-14-13(19(10)15)7-4-8-16-14/h2-9H,1H3,(H,16,18). The summed E-state index contributed by atoms with van der Waals surface area (Å²) in [5.74, 6) is 1.81. The molecule has 3 heterocycles. The number of pyridine rings is 1.